The van der Waals surface area contributed by atoms with Crippen LogP contribution in [0.2, 0.25) is 0 Å². The molecular weight excluding hydrogens is 610 g/mol. The Labute approximate surface area is 260 Å². The summed E-state index contributed by atoms with van der Waals surface area (Å²) in [6.07, 6.45) is -9.82. The van der Waals surface area contributed by atoms with Crippen LogP contribution in [-0.4, -0.2) is 183 Å². The second-order valence-electron chi connectivity index (χ2n) is 10.2. The molecule has 2 fully saturated rings. The highest BCUT2D eigenvalue weighted by Gasteiger charge is 2.46. The Morgan fingerprint density at radius 1 is 0.578 bits per heavy atom. The van der Waals surface area contributed by atoms with E-state index in [4.69, 9.17) is 37.9 Å². The van der Waals surface area contributed by atoms with Gasteiger partial charge in [0.15, 0.2) is 12.6 Å². The molecule has 0 aliphatic carbocycles. The molecule has 2 aliphatic heterocycles. The topological polar surface area (TPSA) is 265 Å². The van der Waals surface area contributed by atoms with Crippen molar-refractivity contribution in [3.8, 4) is 0 Å². The molecule has 0 spiro atoms. The van der Waals surface area contributed by atoms with Gasteiger partial charge < -0.3 is 79.2 Å². The molecule has 9 N–H and O–H groups in total. The van der Waals surface area contributed by atoms with E-state index in [0.717, 1.165) is 0 Å². The zero-order valence-electron chi connectivity index (χ0n) is 25.5. The molecule has 0 aromatic heterocycles. The summed E-state index contributed by atoms with van der Waals surface area (Å²) in [6, 6.07) is -2.03. The fourth-order valence-electron chi connectivity index (χ4n) is 4.44. The molecule has 0 saturated carbocycles. The van der Waals surface area contributed by atoms with E-state index in [-0.39, 0.29) is 66.3 Å². The van der Waals surface area contributed by atoms with Gasteiger partial charge in [0, 0.05) is 13.8 Å². The Balaban J connectivity index is 1.44. The van der Waals surface area contributed by atoms with Crippen LogP contribution in [0.4, 0.5) is 0 Å². The van der Waals surface area contributed by atoms with Crippen LogP contribution in [0.25, 0.3) is 0 Å². The van der Waals surface area contributed by atoms with E-state index >= 15 is 0 Å². The van der Waals surface area contributed by atoms with Gasteiger partial charge in [0.05, 0.1) is 79.5 Å². The lowest BCUT2D eigenvalue weighted by Crippen LogP contribution is -2.64. The number of carbonyl (C=O) groups excluding carboxylic acids is 2. The quantitative estimate of drug-likeness (QED) is 0.0387. The fraction of sp³-hybridized carbons (Fsp3) is 0.923. The van der Waals surface area contributed by atoms with Crippen molar-refractivity contribution in [3.05, 3.63) is 0 Å². The van der Waals surface area contributed by atoms with Crippen LogP contribution >= 0.6 is 0 Å². The molecule has 0 aromatic rings. The number of carbonyl (C=O) groups is 2. The van der Waals surface area contributed by atoms with Crippen molar-refractivity contribution >= 4 is 11.8 Å². The summed E-state index contributed by atoms with van der Waals surface area (Å²) >= 11 is 0. The summed E-state index contributed by atoms with van der Waals surface area (Å²) in [7, 11) is 0. The Morgan fingerprint density at radius 2 is 0.933 bits per heavy atom. The van der Waals surface area contributed by atoms with Gasteiger partial charge >= 0.3 is 0 Å². The van der Waals surface area contributed by atoms with Gasteiger partial charge in [-0.3, -0.25) is 14.9 Å². The van der Waals surface area contributed by atoms with Crippen LogP contribution in [0.5, 0.6) is 0 Å². The number of ether oxygens (including phenoxy) is 8. The Morgan fingerprint density at radius 3 is 1.29 bits per heavy atom. The third kappa shape index (κ3) is 13.9. The molecule has 0 radical (unpaired) electrons. The maximum atomic E-state index is 11.4. The predicted octanol–water partition coefficient (Wildman–Crippen LogP) is -5.52. The molecule has 10 atom stereocenters. The van der Waals surface area contributed by atoms with Crippen LogP contribution < -0.4 is 16.0 Å². The first kappa shape index (κ1) is 39.5. The van der Waals surface area contributed by atoms with Crippen LogP contribution in [0, 0.1) is 0 Å². The monoisotopic (exact) mass is 659 g/mol. The Hall–Kier alpha value is -1.66. The van der Waals surface area contributed by atoms with E-state index in [2.05, 4.69) is 16.0 Å². The highest BCUT2D eigenvalue weighted by atomic mass is 16.7. The third-order valence-corrected chi connectivity index (χ3v) is 6.67. The van der Waals surface area contributed by atoms with E-state index < -0.39 is 86.3 Å². The van der Waals surface area contributed by atoms with E-state index in [9.17, 15) is 40.2 Å². The molecule has 2 aliphatic rings. The largest absolute Gasteiger partial charge is 0.394 e. The summed E-state index contributed by atoms with van der Waals surface area (Å²) in [5.41, 5.74) is 0. The molecule has 2 heterocycles. The molecule has 2 amide bonds. The minimum atomic E-state index is -1.38. The predicted molar refractivity (Wildman–Crippen MR) is 149 cm³/mol. The lowest BCUT2D eigenvalue weighted by Gasteiger charge is -2.42. The maximum Gasteiger partial charge on any atom is 0.217 e. The van der Waals surface area contributed by atoms with Crippen molar-refractivity contribution in [1.29, 1.82) is 0 Å². The number of aliphatic hydroxyl groups excluding tert-OH is 6. The first-order chi connectivity index (χ1) is 21.6. The van der Waals surface area contributed by atoms with Crippen molar-refractivity contribution in [2.24, 2.45) is 0 Å². The zero-order chi connectivity index (χ0) is 33.2. The van der Waals surface area contributed by atoms with Gasteiger partial charge in [-0.05, 0) is 0 Å². The first-order valence-electron chi connectivity index (χ1n) is 14.6. The molecule has 19 heteroatoms. The van der Waals surface area contributed by atoms with Crippen LogP contribution in [0.1, 0.15) is 13.8 Å². The standard InChI is InChI=1S/C26H49N3O16/c1-15(32)28-19-23(36)21(34)17(11-30)44-25(19)42-9-7-38-3-5-40-13-27-14-41-6-4-39-8-10-43-26-20(29-16(2)33)24(37)22(35)18(12-31)45-26/h17-27,30-31,34-37H,3-14H2,1-2H3,(H,28,32)(H,29,33). The number of amides is 2. The van der Waals surface area contributed by atoms with Crippen LogP contribution in [-0.2, 0) is 47.5 Å². The highest BCUT2D eigenvalue weighted by molar-refractivity contribution is 5.73. The van der Waals surface area contributed by atoms with Crippen molar-refractivity contribution in [2.75, 3.05) is 79.5 Å². The van der Waals surface area contributed by atoms with E-state index in [1.165, 1.54) is 13.8 Å². The maximum absolute atomic E-state index is 11.4. The van der Waals surface area contributed by atoms with Crippen molar-refractivity contribution in [1.82, 2.24) is 16.0 Å². The van der Waals surface area contributed by atoms with Crippen molar-refractivity contribution in [2.45, 2.75) is 75.1 Å². The molecule has 45 heavy (non-hydrogen) atoms. The fourth-order valence-corrected chi connectivity index (χ4v) is 4.44. The van der Waals surface area contributed by atoms with Gasteiger partial charge in [-0.1, -0.05) is 0 Å². The Bertz CT molecular complexity index is 767. The number of hydrogen-bond donors (Lipinski definition) is 9. The van der Waals surface area contributed by atoms with Gasteiger partial charge in [0.2, 0.25) is 11.8 Å². The minimum absolute atomic E-state index is 0.0609. The SMILES string of the molecule is CC(=O)NC1C(OCCOCCOCNCOCCOCCOC2OC(CO)C(O)C(O)C2NC(C)=O)OC(CO)C(O)C1O. The highest BCUT2D eigenvalue weighted by Crippen LogP contribution is 2.23. The van der Waals surface area contributed by atoms with Gasteiger partial charge in [0.1, 0.15) is 48.7 Å². The van der Waals surface area contributed by atoms with E-state index in [0.29, 0.717) is 0 Å². The van der Waals surface area contributed by atoms with E-state index in [1.807, 2.05) is 0 Å². The van der Waals surface area contributed by atoms with E-state index in [1.54, 1.807) is 0 Å². The van der Waals surface area contributed by atoms with Gasteiger partial charge in [0.25, 0.3) is 0 Å². The first-order valence-corrected chi connectivity index (χ1v) is 14.6. The molecule has 10 unspecified atom stereocenters. The average molecular weight is 660 g/mol. The second kappa shape index (κ2) is 22.0. The van der Waals surface area contributed by atoms with Crippen LogP contribution in [0.3, 0.4) is 0 Å². The normalized spacial score (nSPS) is 31.9. The number of aliphatic hydroxyl groups is 6. The second-order valence-corrected chi connectivity index (χ2v) is 10.2. The number of hydrogen-bond acceptors (Lipinski definition) is 17. The van der Waals surface area contributed by atoms with Gasteiger partial charge in [-0.2, -0.15) is 0 Å². The summed E-state index contributed by atoms with van der Waals surface area (Å²) < 4.78 is 43.6. The van der Waals surface area contributed by atoms with Gasteiger partial charge in [-0.25, -0.2) is 0 Å². The zero-order valence-corrected chi connectivity index (χ0v) is 25.5. The van der Waals surface area contributed by atoms with Crippen molar-refractivity contribution < 1.29 is 78.1 Å². The summed E-state index contributed by atoms with van der Waals surface area (Å²) in [4.78, 5) is 22.9. The number of rotatable bonds is 22. The Kier molecular flexibility index (Phi) is 19.3. The summed E-state index contributed by atoms with van der Waals surface area (Å²) in [5, 5.41) is 67.1. The van der Waals surface area contributed by atoms with Crippen LogP contribution in [0.15, 0.2) is 0 Å². The molecule has 264 valence electrons. The minimum Gasteiger partial charge on any atom is -0.394 e. The molecule has 0 bridgehead atoms. The summed E-state index contributed by atoms with van der Waals surface area (Å²) in [5.74, 6) is -0.885. The van der Waals surface area contributed by atoms with Crippen molar-refractivity contribution in [3.63, 3.8) is 0 Å². The molecule has 0 aromatic carbocycles. The summed E-state index contributed by atoms with van der Waals surface area (Å²) in [6.45, 7) is 3.40. The van der Waals surface area contributed by atoms with Gasteiger partial charge in [-0.15, -0.1) is 0 Å². The molecule has 2 saturated heterocycles. The third-order valence-electron chi connectivity index (χ3n) is 6.67. The molecular formula is C26H49N3O16. The smallest absolute Gasteiger partial charge is 0.217 e. The lowest BCUT2D eigenvalue weighted by atomic mass is 9.97. The number of nitrogens with one attached hydrogen (secondary N) is 3. The molecule has 19 nitrogen and oxygen atoms in total. The molecule has 2 rings (SSSR count). The average Bonchev–Trinajstić information content (AvgIpc) is 3.00. The lowest BCUT2D eigenvalue weighted by molar-refractivity contribution is -0.272.